The van der Waals surface area contributed by atoms with Crippen molar-refractivity contribution in [3.05, 3.63) is 42.3 Å². The summed E-state index contributed by atoms with van der Waals surface area (Å²) in [6.07, 6.45) is 1.63. The van der Waals surface area contributed by atoms with Gasteiger partial charge < -0.3 is 9.80 Å². The van der Waals surface area contributed by atoms with E-state index in [1.54, 1.807) is 41.0 Å². The number of hydrogen-bond acceptors (Lipinski definition) is 3. The molecule has 2 amide bonds. The highest BCUT2D eigenvalue weighted by Crippen LogP contribution is 2.20. The molecule has 0 saturated carbocycles. The number of carbonyl (C=O) groups is 1. The van der Waals surface area contributed by atoms with E-state index in [9.17, 15) is 9.18 Å². The SMILES string of the molecule is Cn1nccc1NC(=O)N1CCN(c2ccccc2F)CC1. The van der Waals surface area contributed by atoms with Crippen LogP contribution < -0.4 is 10.2 Å². The second-order valence-corrected chi connectivity index (χ2v) is 5.20. The number of benzene rings is 1. The van der Waals surface area contributed by atoms with Gasteiger partial charge in [-0.3, -0.25) is 10.00 Å². The molecule has 6 nitrogen and oxygen atoms in total. The molecule has 7 heteroatoms. The Morgan fingerprint density at radius 3 is 2.55 bits per heavy atom. The molecule has 0 radical (unpaired) electrons. The van der Waals surface area contributed by atoms with Gasteiger partial charge in [-0.05, 0) is 12.1 Å². The largest absolute Gasteiger partial charge is 0.366 e. The van der Waals surface area contributed by atoms with Crippen LogP contribution in [0.2, 0.25) is 0 Å². The molecule has 0 spiro atoms. The molecule has 0 aliphatic carbocycles. The van der Waals surface area contributed by atoms with Crippen molar-refractivity contribution in [3.8, 4) is 0 Å². The number of halogens is 1. The molecule has 1 aromatic heterocycles. The number of piperazine rings is 1. The molecule has 0 atom stereocenters. The van der Waals surface area contributed by atoms with Gasteiger partial charge in [0.2, 0.25) is 0 Å². The van der Waals surface area contributed by atoms with Crippen LogP contribution in [-0.2, 0) is 7.05 Å². The predicted molar refractivity (Wildman–Crippen MR) is 82.4 cm³/mol. The van der Waals surface area contributed by atoms with E-state index >= 15 is 0 Å². The van der Waals surface area contributed by atoms with Gasteiger partial charge in [0.25, 0.3) is 0 Å². The van der Waals surface area contributed by atoms with Crippen molar-refractivity contribution in [1.82, 2.24) is 14.7 Å². The summed E-state index contributed by atoms with van der Waals surface area (Å²) in [5, 5.41) is 6.83. The second-order valence-electron chi connectivity index (χ2n) is 5.20. The molecule has 3 rings (SSSR count). The van der Waals surface area contributed by atoms with Crippen LogP contribution in [0.5, 0.6) is 0 Å². The number of carbonyl (C=O) groups excluding carboxylic acids is 1. The Hall–Kier alpha value is -2.57. The number of aryl methyl sites for hydroxylation is 1. The van der Waals surface area contributed by atoms with Gasteiger partial charge in [-0.15, -0.1) is 0 Å². The molecule has 2 heterocycles. The van der Waals surface area contributed by atoms with Crippen molar-refractivity contribution in [2.45, 2.75) is 0 Å². The number of rotatable bonds is 2. The second kappa shape index (κ2) is 6.05. The lowest BCUT2D eigenvalue weighted by Crippen LogP contribution is -2.50. The minimum atomic E-state index is -0.227. The van der Waals surface area contributed by atoms with Gasteiger partial charge >= 0.3 is 6.03 Å². The fraction of sp³-hybridized carbons (Fsp3) is 0.333. The molecular formula is C15H18FN5O. The Labute approximate surface area is 128 Å². The van der Waals surface area contributed by atoms with E-state index in [1.807, 2.05) is 11.0 Å². The van der Waals surface area contributed by atoms with E-state index in [2.05, 4.69) is 10.4 Å². The summed E-state index contributed by atoms with van der Waals surface area (Å²) in [6, 6.07) is 8.30. The van der Waals surface area contributed by atoms with Gasteiger partial charge in [0, 0.05) is 39.3 Å². The lowest BCUT2D eigenvalue weighted by Gasteiger charge is -2.36. The Morgan fingerprint density at radius 1 is 1.18 bits per heavy atom. The highest BCUT2D eigenvalue weighted by Gasteiger charge is 2.23. The summed E-state index contributed by atoms with van der Waals surface area (Å²) in [5.74, 6) is 0.428. The van der Waals surface area contributed by atoms with Crippen LogP contribution in [0, 0.1) is 5.82 Å². The summed E-state index contributed by atoms with van der Waals surface area (Å²) < 4.78 is 15.4. The maximum absolute atomic E-state index is 13.8. The van der Waals surface area contributed by atoms with Gasteiger partial charge in [-0.2, -0.15) is 5.10 Å². The molecule has 1 fully saturated rings. The van der Waals surface area contributed by atoms with E-state index in [4.69, 9.17) is 0 Å². The van der Waals surface area contributed by atoms with E-state index < -0.39 is 0 Å². The topological polar surface area (TPSA) is 53.4 Å². The summed E-state index contributed by atoms with van der Waals surface area (Å²) in [5.41, 5.74) is 0.592. The van der Waals surface area contributed by atoms with E-state index in [0.29, 0.717) is 37.7 Å². The summed E-state index contributed by atoms with van der Waals surface area (Å²) in [7, 11) is 1.77. The third kappa shape index (κ3) is 2.88. The first-order valence-corrected chi connectivity index (χ1v) is 7.18. The molecule has 22 heavy (non-hydrogen) atoms. The van der Waals surface area contributed by atoms with Crippen molar-refractivity contribution in [3.63, 3.8) is 0 Å². The minimum absolute atomic E-state index is 0.156. The molecule has 1 N–H and O–H groups in total. The van der Waals surface area contributed by atoms with Crippen molar-refractivity contribution >= 4 is 17.5 Å². The quantitative estimate of drug-likeness (QED) is 0.922. The van der Waals surface area contributed by atoms with Crippen molar-refractivity contribution in [2.24, 2.45) is 7.05 Å². The van der Waals surface area contributed by atoms with Gasteiger partial charge in [0.15, 0.2) is 0 Å². The van der Waals surface area contributed by atoms with E-state index in [0.717, 1.165) is 0 Å². The number of para-hydroxylation sites is 1. The van der Waals surface area contributed by atoms with Crippen molar-refractivity contribution in [2.75, 3.05) is 36.4 Å². The zero-order valence-electron chi connectivity index (χ0n) is 12.4. The van der Waals surface area contributed by atoms with E-state index in [1.165, 1.54) is 6.07 Å². The van der Waals surface area contributed by atoms with Crippen LogP contribution in [0.25, 0.3) is 0 Å². The van der Waals surface area contributed by atoms with Crippen LogP contribution in [0.1, 0.15) is 0 Å². The lowest BCUT2D eigenvalue weighted by atomic mass is 10.2. The highest BCUT2D eigenvalue weighted by atomic mass is 19.1. The molecule has 116 valence electrons. The average molecular weight is 303 g/mol. The van der Waals surface area contributed by atoms with Crippen LogP contribution in [0.3, 0.4) is 0 Å². The maximum atomic E-state index is 13.8. The van der Waals surface area contributed by atoms with Crippen LogP contribution in [-0.4, -0.2) is 46.9 Å². The molecular weight excluding hydrogens is 285 g/mol. The minimum Gasteiger partial charge on any atom is -0.366 e. The van der Waals surface area contributed by atoms with Crippen molar-refractivity contribution < 1.29 is 9.18 Å². The predicted octanol–water partition coefficient (Wildman–Crippen LogP) is 1.91. The Balaban J connectivity index is 1.59. The number of nitrogens with zero attached hydrogens (tertiary/aromatic N) is 4. The monoisotopic (exact) mass is 303 g/mol. The Morgan fingerprint density at radius 2 is 1.91 bits per heavy atom. The standard InChI is InChI=1S/C15H18FN5O/c1-19-14(6-7-17-19)18-15(22)21-10-8-20(9-11-21)13-5-3-2-4-12(13)16/h2-7H,8-11H2,1H3,(H,18,22). The molecule has 1 aliphatic rings. The number of hydrogen-bond donors (Lipinski definition) is 1. The molecule has 0 unspecified atom stereocenters. The number of anilines is 2. The highest BCUT2D eigenvalue weighted by molar-refractivity contribution is 5.88. The van der Waals surface area contributed by atoms with Crippen molar-refractivity contribution in [1.29, 1.82) is 0 Å². The fourth-order valence-electron chi connectivity index (χ4n) is 2.54. The first-order chi connectivity index (χ1) is 10.6. The van der Waals surface area contributed by atoms with E-state index in [-0.39, 0.29) is 11.8 Å². The molecule has 2 aromatic rings. The maximum Gasteiger partial charge on any atom is 0.323 e. The summed E-state index contributed by atoms with van der Waals surface area (Å²) >= 11 is 0. The van der Waals surface area contributed by atoms with Crippen LogP contribution in [0.4, 0.5) is 20.7 Å². The number of aromatic nitrogens is 2. The zero-order valence-corrected chi connectivity index (χ0v) is 12.4. The third-order valence-electron chi connectivity index (χ3n) is 3.82. The normalized spacial score (nSPS) is 15.0. The first-order valence-electron chi connectivity index (χ1n) is 7.18. The fourth-order valence-corrected chi connectivity index (χ4v) is 2.54. The zero-order chi connectivity index (χ0) is 15.5. The van der Waals surface area contributed by atoms with Crippen LogP contribution >= 0.6 is 0 Å². The van der Waals surface area contributed by atoms with Crippen LogP contribution in [0.15, 0.2) is 36.5 Å². The Bertz CT molecular complexity index is 663. The van der Waals surface area contributed by atoms with Gasteiger partial charge in [-0.1, -0.05) is 12.1 Å². The molecule has 0 bridgehead atoms. The number of amides is 2. The average Bonchev–Trinajstić information content (AvgIpc) is 2.93. The third-order valence-corrected chi connectivity index (χ3v) is 3.82. The number of urea groups is 1. The molecule has 1 aliphatic heterocycles. The first kappa shape index (κ1) is 14.4. The molecule has 1 saturated heterocycles. The van der Waals surface area contributed by atoms with Gasteiger partial charge in [0.1, 0.15) is 11.6 Å². The Kier molecular flexibility index (Phi) is 3.95. The van der Waals surface area contributed by atoms with Gasteiger partial charge in [-0.25, -0.2) is 9.18 Å². The molecule has 1 aromatic carbocycles. The number of nitrogens with one attached hydrogen (secondary N) is 1. The summed E-state index contributed by atoms with van der Waals surface area (Å²) in [6.45, 7) is 2.33. The smallest absolute Gasteiger partial charge is 0.323 e. The summed E-state index contributed by atoms with van der Waals surface area (Å²) in [4.78, 5) is 15.9. The van der Waals surface area contributed by atoms with Gasteiger partial charge in [0.05, 0.1) is 11.9 Å². The lowest BCUT2D eigenvalue weighted by molar-refractivity contribution is 0.208.